The number of nitrogens with one attached hydrogen (secondary N) is 2. The van der Waals surface area contributed by atoms with Gasteiger partial charge in [0.15, 0.2) is 0 Å². The number of halogens is 3. The fourth-order valence-corrected chi connectivity index (χ4v) is 3.10. The summed E-state index contributed by atoms with van der Waals surface area (Å²) in [7, 11) is -4.12. The summed E-state index contributed by atoms with van der Waals surface area (Å²) in [4.78, 5) is 11.1. The van der Waals surface area contributed by atoms with Gasteiger partial charge in [0.05, 0.1) is 21.8 Å². The van der Waals surface area contributed by atoms with Gasteiger partial charge in [0.25, 0.3) is 10.0 Å². The molecular formula is C16H15F3N2O3S. The molecule has 0 aliphatic heterocycles. The molecule has 2 N–H and O–H groups in total. The van der Waals surface area contributed by atoms with Crippen molar-refractivity contribution < 1.29 is 26.4 Å². The minimum absolute atomic E-state index is 0.0730. The van der Waals surface area contributed by atoms with Gasteiger partial charge < -0.3 is 5.32 Å². The molecule has 0 spiro atoms. The normalized spacial score (nSPS) is 11.9. The standard InChI is InChI=1S/C16H15F3N2O3S/c1-10-3-6-13(7-4-10)25(23,24)21-15-9-12(16(17,18)19)5-8-14(15)20-11(2)22/h3-9,21H,1-2H3,(H,20,22). The number of sulfonamides is 1. The van der Waals surface area contributed by atoms with Gasteiger partial charge >= 0.3 is 6.18 Å². The lowest BCUT2D eigenvalue weighted by Gasteiger charge is -2.16. The Kier molecular flexibility index (Phi) is 5.07. The highest BCUT2D eigenvalue weighted by molar-refractivity contribution is 7.92. The molecule has 0 saturated heterocycles. The molecule has 9 heteroatoms. The predicted molar refractivity (Wildman–Crippen MR) is 87.7 cm³/mol. The maximum absolute atomic E-state index is 12.9. The molecule has 0 atom stereocenters. The van der Waals surface area contributed by atoms with E-state index >= 15 is 0 Å². The number of amides is 1. The van der Waals surface area contributed by atoms with Crippen LogP contribution in [0.5, 0.6) is 0 Å². The van der Waals surface area contributed by atoms with Crippen LogP contribution in [-0.4, -0.2) is 14.3 Å². The van der Waals surface area contributed by atoms with Crippen molar-refractivity contribution in [3.8, 4) is 0 Å². The van der Waals surface area contributed by atoms with Crippen LogP contribution in [0.1, 0.15) is 18.1 Å². The highest BCUT2D eigenvalue weighted by Crippen LogP contribution is 2.35. The number of carbonyl (C=O) groups is 1. The third-order valence-corrected chi connectivity index (χ3v) is 4.61. The molecule has 0 bridgehead atoms. The van der Waals surface area contributed by atoms with Crippen LogP contribution in [0.4, 0.5) is 24.5 Å². The van der Waals surface area contributed by atoms with E-state index in [1.54, 1.807) is 19.1 Å². The molecular weight excluding hydrogens is 357 g/mol. The van der Waals surface area contributed by atoms with Gasteiger partial charge in [0.1, 0.15) is 0 Å². The average molecular weight is 372 g/mol. The lowest BCUT2D eigenvalue weighted by molar-refractivity contribution is -0.137. The van der Waals surface area contributed by atoms with Crippen molar-refractivity contribution >= 4 is 27.3 Å². The zero-order chi connectivity index (χ0) is 18.8. The lowest BCUT2D eigenvalue weighted by Crippen LogP contribution is -2.17. The number of hydrogen-bond acceptors (Lipinski definition) is 3. The molecule has 0 aliphatic rings. The van der Waals surface area contributed by atoms with Gasteiger partial charge in [-0.1, -0.05) is 17.7 Å². The number of benzene rings is 2. The second-order valence-corrected chi connectivity index (χ2v) is 7.04. The van der Waals surface area contributed by atoms with E-state index in [1.807, 2.05) is 0 Å². The first kappa shape index (κ1) is 18.8. The van der Waals surface area contributed by atoms with Crippen LogP contribution in [-0.2, 0) is 21.0 Å². The molecule has 0 aromatic heterocycles. The van der Waals surface area contributed by atoms with Crippen molar-refractivity contribution in [1.82, 2.24) is 0 Å². The van der Waals surface area contributed by atoms with Crippen molar-refractivity contribution in [1.29, 1.82) is 0 Å². The van der Waals surface area contributed by atoms with Gasteiger partial charge in [0.2, 0.25) is 5.91 Å². The molecule has 0 fully saturated rings. The number of hydrogen-bond donors (Lipinski definition) is 2. The summed E-state index contributed by atoms with van der Waals surface area (Å²) >= 11 is 0. The molecule has 0 unspecified atom stereocenters. The Labute approximate surface area is 142 Å². The first-order chi connectivity index (χ1) is 11.5. The van der Waals surface area contributed by atoms with Crippen molar-refractivity contribution in [2.24, 2.45) is 0 Å². The highest BCUT2D eigenvalue weighted by atomic mass is 32.2. The highest BCUT2D eigenvalue weighted by Gasteiger charge is 2.31. The zero-order valence-corrected chi connectivity index (χ0v) is 14.1. The van der Waals surface area contributed by atoms with Crippen molar-refractivity contribution in [2.75, 3.05) is 10.0 Å². The average Bonchev–Trinajstić information content (AvgIpc) is 2.47. The molecule has 0 saturated carbocycles. The monoisotopic (exact) mass is 372 g/mol. The fraction of sp³-hybridized carbons (Fsp3) is 0.188. The van der Waals surface area contributed by atoms with Crippen LogP contribution in [0.3, 0.4) is 0 Å². The van der Waals surface area contributed by atoms with Crippen LogP contribution in [0.25, 0.3) is 0 Å². The first-order valence-corrected chi connectivity index (χ1v) is 8.56. The molecule has 134 valence electrons. The molecule has 0 aliphatic carbocycles. The zero-order valence-electron chi connectivity index (χ0n) is 13.3. The second-order valence-electron chi connectivity index (χ2n) is 5.36. The van der Waals surface area contributed by atoms with E-state index in [-0.39, 0.29) is 16.3 Å². The fourth-order valence-electron chi connectivity index (χ4n) is 2.02. The Bertz CT molecular complexity index is 892. The summed E-state index contributed by atoms with van der Waals surface area (Å²) in [6.07, 6.45) is -4.65. The summed E-state index contributed by atoms with van der Waals surface area (Å²) in [5.74, 6) is -0.546. The largest absolute Gasteiger partial charge is 0.416 e. The van der Waals surface area contributed by atoms with E-state index in [2.05, 4.69) is 10.0 Å². The van der Waals surface area contributed by atoms with Crippen LogP contribution in [0, 0.1) is 6.92 Å². The Balaban J connectivity index is 2.47. The van der Waals surface area contributed by atoms with Crippen molar-refractivity contribution in [3.63, 3.8) is 0 Å². The second kappa shape index (κ2) is 6.75. The SMILES string of the molecule is CC(=O)Nc1ccc(C(F)(F)F)cc1NS(=O)(=O)c1ccc(C)cc1. The number of anilines is 2. The van der Waals surface area contributed by atoms with E-state index in [0.717, 1.165) is 24.6 Å². The van der Waals surface area contributed by atoms with E-state index in [1.165, 1.54) is 12.1 Å². The van der Waals surface area contributed by atoms with Gasteiger partial charge in [-0.15, -0.1) is 0 Å². The number of aryl methyl sites for hydroxylation is 1. The van der Waals surface area contributed by atoms with Gasteiger partial charge in [-0.2, -0.15) is 13.2 Å². The minimum Gasteiger partial charge on any atom is -0.325 e. The molecule has 0 heterocycles. The smallest absolute Gasteiger partial charge is 0.325 e. The molecule has 2 rings (SSSR count). The molecule has 25 heavy (non-hydrogen) atoms. The summed E-state index contributed by atoms with van der Waals surface area (Å²) in [6.45, 7) is 2.93. The maximum Gasteiger partial charge on any atom is 0.416 e. The van der Waals surface area contributed by atoms with Gasteiger partial charge in [-0.3, -0.25) is 9.52 Å². The number of carbonyl (C=O) groups excluding carboxylic acids is 1. The van der Waals surface area contributed by atoms with Gasteiger partial charge in [-0.05, 0) is 37.3 Å². The van der Waals surface area contributed by atoms with E-state index in [4.69, 9.17) is 0 Å². The van der Waals surface area contributed by atoms with E-state index in [0.29, 0.717) is 6.07 Å². The molecule has 2 aromatic carbocycles. The molecule has 5 nitrogen and oxygen atoms in total. The summed E-state index contributed by atoms with van der Waals surface area (Å²) in [5.41, 5.74) is -0.651. The van der Waals surface area contributed by atoms with Crippen LogP contribution < -0.4 is 10.0 Å². The summed E-state index contributed by atoms with van der Waals surface area (Å²) in [6, 6.07) is 8.20. The lowest BCUT2D eigenvalue weighted by atomic mass is 10.1. The summed E-state index contributed by atoms with van der Waals surface area (Å²) in [5, 5.41) is 2.30. The topological polar surface area (TPSA) is 75.3 Å². The Morgan fingerprint density at radius 2 is 1.60 bits per heavy atom. The third-order valence-electron chi connectivity index (χ3n) is 3.23. The van der Waals surface area contributed by atoms with E-state index in [9.17, 15) is 26.4 Å². The summed E-state index contributed by atoms with van der Waals surface area (Å²) < 4.78 is 65.6. The Morgan fingerprint density at radius 3 is 2.12 bits per heavy atom. The predicted octanol–water partition coefficient (Wildman–Crippen LogP) is 3.77. The van der Waals surface area contributed by atoms with E-state index < -0.39 is 27.7 Å². The number of alkyl halides is 3. The van der Waals surface area contributed by atoms with Crippen molar-refractivity contribution in [3.05, 3.63) is 53.6 Å². The minimum atomic E-state index is -4.65. The maximum atomic E-state index is 12.9. The molecule has 0 radical (unpaired) electrons. The quantitative estimate of drug-likeness (QED) is 0.858. The molecule has 1 amide bonds. The van der Waals surface area contributed by atoms with Crippen LogP contribution >= 0.6 is 0 Å². The first-order valence-electron chi connectivity index (χ1n) is 7.07. The van der Waals surface area contributed by atoms with Crippen LogP contribution in [0.2, 0.25) is 0 Å². The van der Waals surface area contributed by atoms with Crippen molar-refractivity contribution in [2.45, 2.75) is 24.9 Å². The number of rotatable bonds is 4. The Morgan fingerprint density at radius 1 is 1.00 bits per heavy atom. The Hall–Kier alpha value is -2.55. The third kappa shape index (κ3) is 4.72. The molecule has 2 aromatic rings. The van der Waals surface area contributed by atoms with Gasteiger partial charge in [0, 0.05) is 6.92 Å². The van der Waals surface area contributed by atoms with Gasteiger partial charge in [-0.25, -0.2) is 8.42 Å². The van der Waals surface area contributed by atoms with Crippen LogP contribution in [0.15, 0.2) is 47.4 Å².